The van der Waals surface area contributed by atoms with Crippen molar-refractivity contribution >= 4 is 56.4 Å². The van der Waals surface area contributed by atoms with Gasteiger partial charge in [0.25, 0.3) is 5.69 Å². The van der Waals surface area contributed by atoms with E-state index in [1.807, 2.05) is 25.1 Å². The average molecular weight is 622 g/mol. The number of carbonyl (C=O) groups is 2. The maximum atomic E-state index is 14.0. The van der Waals surface area contributed by atoms with Crippen molar-refractivity contribution in [3.8, 4) is 0 Å². The Bertz CT molecular complexity index is 1480. The molecule has 0 spiro atoms. The Labute approximate surface area is 249 Å². The van der Waals surface area contributed by atoms with Gasteiger partial charge in [0, 0.05) is 47.3 Å². The third-order valence-corrected chi connectivity index (χ3v) is 8.07. The summed E-state index contributed by atoms with van der Waals surface area (Å²) in [5.41, 5.74) is 0.739. The first-order valence-electron chi connectivity index (χ1n) is 12.7. The topological polar surface area (TPSA) is 130 Å². The number of nitrogens with zero attached hydrogens (tertiary/aromatic N) is 3. The lowest BCUT2D eigenvalue weighted by atomic mass is 10.0. The molecule has 3 rings (SSSR count). The lowest BCUT2D eigenvalue weighted by molar-refractivity contribution is -0.384. The molecule has 41 heavy (non-hydrogen) atoms. The number of carbonyl (C=O) groups excluding carboxylic acids is 2. The van der Waals surface area contributed by atoms with Gasteiger partial charge in [-0.3, -0.25) is 24.0 Å². The van der Waals surface area contributed by atoms with Crippen LogP contribution in [-0.4, -0.2) is 55.4 Å². The van der Waals surface area contributed by atoms with Gasteiger partial charge in [0.15, 0.2) is 0 Å². The molecular formula is C28H30Cl2N4O6S. The first-order valence-corrected chi connectivity index (χ1v) is 15.3. The predicted molar refractivity (Wildman–Crippen MR) is 160 cm³/mol. The van der Waals surface area contributed by atoms with Crippen LogP contribution < -0.4 is 9.62 Å². The normalized spacial score (nSPS) is 11.9. The zero-order valence-corrected chi connectivity index (χ0v) is 24.8. The van der Waals surface area contributed by atoms with Crippen LogP contribution in [0, 0.1) is 10.1 Å². The molecule has 3 aromatic carbocycles. The molecule has 0 fully saturated rings. The largest absolute Gasteiger partial charge is 0.354 e. The van der Waals surface area contributed by atoms with Crippen LogP contribution in [-0.2, 0) is 32.6 Å². The molecule has 218 valence electrons. The average Bonchev–Trinajstić information content (AvgIpc) is 2.93. The number of amides is 2. The fourth-order valence-corrected chi connectivity index (χ4v) is 5.51. The highest BCUT2D eigenvalue weighted by atomic mass is 35.5. The minimum Gasteiger partial charge on any atom is -0.354 e. The maximum absolute atomic E-state index is 14.0. The molecule has 1 atom stereocenters. The van der Waals surface area contributed by atoms with E-state index in [1.54, 1.807) is 30.3 Å². The number of nitro benzene ring substituents is 1. The molecule has 0 aliphatic rings. The fourth-order valence-electron chi connectivity index (χ4n) is 4.15. The summed E-state index contributed by atoms with van der Waals surface area (Å²) in [6.07, 6.45) is 1.67. The first-order chi connectivity index (χ1) is 19.4. The smallest absolute Gasteiger partial charge is 0.271 e. The van der Waals surface area contributed by atoms with Crippen molar-refractivity contribution in [2.45, 2.75) is 32.4 Å². The van der Waals surface area contributed by atoms with E-state index >= 15 is 0 Å². The summed E-state index contributed by atoms with van der Waals surface area (Å²) in [6, 6.07) is 17.8. The summed E-state index contributed by atoms with van der Waals surface area (Å²) in [5.74, 6) is -1.17. The van der Waals surface area contributed by atoms with Gasteiger partial charge >= 0.3 is 0 Å². The second-order valence-electron chi connectivity index (χ2n) is 9.26. The summed E-state index contributed by atoms with van der Waals surface area (Å²) in [5, 5.41) is 14.7. The summed E-state index contributed by atoms with van der Waals surface area (Å²) >= 11 is 12.9. The number of non-ortho nitro benzene ring substituents is 1. The molecule has 0 saturated carbocycles. The number of hydrogen-bond acceptors (Lipinski definition) is 6. The van der Waals surface area contributed by atoms with Crippen molar-refractivity contribution in [3.63, 3.8) is 0 Å². The van der Waals surface area contributed by atoms with Gasteiger partial charge in [-0.25, -0.2) is 8.42 Å². The van der Waals surface area contributed by atoms with Crippen LogP contribution in [0.15, 0.2) is 72.8 Å². The first kappa shape index (κ1) is 31.9. The fraction of sp³-hybridized carbons (Fsp3) is 0.286. The molecule has 0 bridgehead atoms. The molecule has 13 heteroatoms. The van der Waals surface area contributed by atoms with Gasteiger partial charge in [-0.05, 0) is 30.2 Å². The predicted octanol–water partition coefficient (Wildman–Crippen LogP) is 4.83. The zero-order chi connectivity index (χ0) is 30.2. The minimum atomic E-state index is -4.09. The van der Waals surface area contributed by atoms with E-state index < -0.39 is 39.3 Å². The summed E-state index contributed by atoms with van der Waals surface area (Å²) in [6.45, 7) is 1.33. The minimum absolute atomic E-state index is 0.0687. The van der Waals surface area contributed by atoms with Crippen LogP contribution in [0.2, 0.25) is 10.0 Å². The lowest BCUT2D eigenvalue weighted by Crippen LogP contribution is -2.53. The zero-order valence-electron chi connectivity index (χ0n) is 22.5. The summed E-state index contributed by atoms with van der Waals surface area (Å²) in [7, 11) is -4.09. The number of nitrogens with one attached hydrogen (secondary N) is 1. The second-order valence-corrected chi connectivity index (χ2v) is 12.0. The molecule has 2 amide bonds. The molecule has 3 aromatic rings. The van der Waals surface area contributed by atoms with Crippen molar-refractivity contribution in [1.29, 1.82) is 0 Å². The van der Waals surface area contributed by atoms with Gasteiger partial charge in [-0.15, -0.1) is 0 Å². The second kappa shape index (κ2) is 14.3. The quantitative estimate of drug-likeness (QED) is 0.215. The Morgan fingerprint density at radius 2 is 1.63 bits per heavy atom. The Kier molecular flexibility index (Phi) is 11.1. The molecule has 0 heterocycles. The monoisotopic (exact) mass is 620 g/mol. The standard InChI is InChI=1S/C28H30Cl2N4O6S/c1-3-15-31-28(36)26(16-20-9-5-4-6-10-20)32(18-23-24(29)13-8-14-25(23)30)27(35)19-33(41(2,39)40)21-11-7-12-22(17-21)34(37)38/h4-14,17,26H,3,15-16,18-19H2,1-2H3,(H,31,36)/t26-/m1/s1. The van der Waals surface area contributed by atoms with Gasteiger partial charge in [0.05, 0.1) is 16.9 Å². The van der Waals surface area contributed by atoms with E-state index in [4.69, 9.17) is 23.2 Å². The molecule has 10 nitrogen and oxygen atoms in total. The van der Waals surface area contributed by atoms with E-state index in [-0.39, 0.29) is 34.4 Å². The Morgan fingerprint density at radius 1 is 1.00 bits per heavy atom. The number of nitro groups is 1. The molecular weight excluding hydrogens is 591 g/mol. The van der Waals surface area contributed by atoms with Crippen LogP contribution >= 0.6 is 23.2 Å². The Hall–Kier alpha value is -3.67. The van der Waals surface area contributed by atoms with Crippen LogP contribution in [0.3, 0.4) is 0 Å². The van der Waals surface area contributed by atoms with E-state index in [1.165, 1.54) is 23.1 Å². The van der Waals surface area contributed by atoms with E-state index in [9.17, 15) is 28.1 Å². The highest BCUT2D eigenvalue weighted by Gasteiger charge is 2.34. The van der Waals surface area contributed by atoms with Gasteiger partial charge in [0.2, 0.25) is 21.8 Å². The Balaban J connectivity index is 2.10. The molecule has 0 radical (unpaired) electrons. The van der Waals surface area contributed by atoms with Crippen LogP contribution in [0.5, 0.6) is 0 Å². The summed E-state index contributed by atoms with van der Waals surface area (Å²) in [4.78, 5) is 39.5. The maximum Gasteiger partial charge on any atom is 0.271 e. The van der Waals surface area contributed by atoms with Crippen molar-refractivity contribution in [1.82, 2.24) is 10.2 Å². The molecule has 1 N–H and O–H groups in total. The van der Waals surface area contributed by atoms with Crippen LogP contribution in [0.25, 0.3) is 0 Å². The van der Waals surface area contributed by atoms with Gasteiger partial charge in [0.1, 0.15) is 12.6 Å². The van der Waals surface area contributed by atoms with Gasteiger partial charge in [-0.1, -0.05) is 72.6 Å². The molecule has 0 saturated heterocycles. The third-order valence-electron chi connectivity index (χ3n) is 6.22. The number of benzene rings is 3. The van der Waals surface area contributed by atoms with Gasteiger partial charge < -0.3 is 10.2 Å². The van der Waals surface area contributed by atoms with Crippen molar-refractivity contribution in [2.75, 3.05) is 23.7 Å². The SMILES string of the molecule is CCCNC(=O)[C@@H](Cc1ccccc1)N(Cc1c(Cl)cccc1Cl)C(=O)CN(c1cccc([N+](=O)[O-])c1)S(C)(=O)=O. The Morgan fingerprint density at radius 3 is 2.22 bits per heavy atom. The van der Waals surface area contributed by atoms with Gasteiger partial charge in [-0.2, -0.15) is 0 Å². The summed E-state index contributed by atoms with van der Waals surface area (Å²) < 4.78 is 26.4. The molecule has 0 aromatic heterocycles. The van der Waals surface area contributed by atoms with Crippen molar-refractivity contribution in [3.05, 3.63) is 104 Å². The number of anilines is 1. The number of hydrogen-bond donors (Lipinski definition) is 1. The van der Waals surface area contributed by atoms with E-state index in [2.05, 4.69) is 5.32 Å². The van der Waals surface area contributed by atoms with Crippen molar-refractivity contribution in [2.24, 2.45) is 0 Å². The van der Waals surface area contributed by atoms with Crippen molar-refractivity contribution < 1.29 is 22.9 Å². The number of rotatable bonds is 13. The van der Waals surface area contributed by atoms with E-state index in [0.717, 1.165) is 22.2 Å². The van der Waals surface area contributed by atoms with Crippen LogP contribution in [0.1, 0.15) is 24.5 Å². The highest BCUT2D eigenvalue weighted by Crippen LogP contribution is 2.28. The van der Waals surface area contributed by atoms with E-state index in [0.29, 0.717) is 18.5 Å². The van der Waals surface area contributed by atoms with Crippen LogP contribution in [0.4, 0.5) is 11.4 Å². The highest BCUT2D eigenvalue weighted by molar-refractivity contribution is 7.92. The molecule has 0 aliphatic carbocycles. The third kappa shape index (κ3) is 8.66. The lowest BCUT2D eigenvalue weighted by Gasteiger charge is -2.33. The molecule has 0 unspecified atom stereocenters. The number of sulfonamides is 1. The number of halogens is 2. The molecule has 0 aliphatic heterocycles.